The van der Waals surface area contributed by atoms with Gasteiger partial charge in [-0.25, -0.2) is 0 Å². The summed E-state index contributed by atoms with van der Waals surface area (Å²) in [5.41, 5.74) is -0.282. The molecule has 1 aromatic carbocycles. The van der Waals surface area contributed by atoms with Crippen LogP contribution in [0.15, 0.2) is 29.2 Å². The third-order valence-corrected chi connectivity index (χ3v) is 4.23. The van der Waals surface area contributed by atoms with Crippen LogP contribution in [0.3, 0.4) is 0 Å². The Morgan fingerprint density at radius 2 is 2.24 bits per heavy atom. The van der Waals surface area contributed by atoms with Crippen LogP contribution in [0.1, 0.15) is 23.2 Å². The first kappa shape index (κ1) is 15.4. The molecule has 4 nitrogen and oxygen atoms in total. The van der Waals surface area contributed by atoms with Crippen molar-refractivity contribution in [1.82, 2.24) is 5.32 Å². The molecule has 1 aromatic rings. The molecule has 1 amide bonds. The van der Waals surface area contributed by atoms with E-state index in [9.17, 15) is 10.1 Å². The Kier molecular flexibility index (Phi) is 5.27. The van der Waals surface area contributed by atoms with Crippen LogP contribution >= 0.6 is 11.8 Å². The van der Waals surface area contributed by atoms with Gasteiger partial charge in [0.2, 0.25) is 0 Å². The fourth-order valence-corrected chi connectivity index (χ4v) is 2.76. The average molecular weight is 300 g/mol. The van der Waals surface area contributed by atoms with E-state index >= 15 is 0 Å². The van der Waals surface area contributed by atoms with Gasteiger partial charge in [-0.2, -0.15) is 5.26 Å². The van der Waals surface area contributed by atoms with Gasteiger partial charge < -0.3 is 10.1 Å². The lowest BCUT2D eigenvalue weighted by Gasteiger charge is -2.31. The van der Waals surface area contributed by atoms with Gasteiger partial charge in [-0.1, -0.05) is 12.0 Å². The first-order valence-electron chi connectivity index (χ1n) is 6.67. The van der Waals surface area contributed by atoms with E-state index in [4.69, 9.17) is 11.2 Å². The average Bonchev–Trinajstić information content (AvgIpc) is 2.54. The lowest BCUT2D eigenvalue weighted by molar-refractivity contribution is 0.0531. The minimum Gasteiger partial charge on any atom is -0.381 e. The highest BCUT2D eigenvalue weighted by molar-refractivity contribution is 7.99. The van der Waals surface area contributed by atoms with Gasteiger partial charge in [0.05, 0.1) is 11.8 Å². The Labute approximate surface area is 128 Å². The van der Waals surface area contributed by atoms with E-state index in [1.54, 1.807) is 12.1 Å². The highest BCUT2D eigenvalue weighted by Gasteiger charge is 2.34. The van der Waals surface area contributed by atoms with Gasteiger partial charge in [0.25, 0.3) is 5.91 Å². The van der Waals surface area contributed by atoms with Gasteiger partial charge in [0, 0.05) is 36.5 Å². The summed E-state index contributed by atoms with van der Waals surface area (Å²) in [4.78, 5) is 13.3. The third-order valence-electron chi connectivity index (χ3n) is 3.33. The van der Waals surface area contributed by atoms with Gasteiger partial charge in [-0.15, -0.1) is 18.2 Å². The molecule has 5 heteroatoms. The quantitative estimate of drug-likeness (QED) is 0.684. The predicted octanol–water partition coefficient (Wildman–Crippen LogP) is 2.21. The fourth-order valence-electron chi connectivity index (χ4n) is 2.13. The summed E-state index contributed by atoms with van der Waals surface area (Å²) >= 11 is 1.50. The number of benzene rings is 1. The second-order valence-electron chi connectivity index (χ2n) is 4.78. The van der Waals surface area contributed by atoms with Gasteiger partial charge in [-0.05, 0) is 18.2 Å². The van der Waals surface area contributed by atoms with Crippen LogP contribution in [0.4, 0.5) is 0 Å². The molecule has 0 aliphatic carbocycles. The number of carbonyl (C=O) groups excluding carboxylic acids is 1. The molecule has 1 heterocycles. The molecule has 0 spiro atoms. The maximum absolute atomic E-state index is 12.4. The van der Waals surface area contributed by atoms with E-state index in [0.29, 0.717) is 37.4 Å². The number of carbonyl (C=O) groups is 1. The van der Waals surface area contributed by atoms with Crippen LogP contribution in [0.5, 0.6) is 0 Å². The van der Waals surface area contributed by atoms with E-state index in [-0.39, 0.29) is 5.91 Å². The molecule has 0 radical (unpaired) electrons. The molecule has 108 valence electrons. The van der Waals surface area contributed by atoms with Crippen molar-refractivity contribution in [1.29, 1.82) is 5.26 Å². The number of hydrogen-bond acceptors (Lipinski definition) is 4. The van der Waals surface area contributed by atoms with Crippen molar-refractivity contribution in [3.05, 3.63) is 29.8 Å². The Morgan fingerprint density at radius 3 is 2.90 bits per heavy atom. The van der Waals surface area contributed by atoms with E-state index < -0.39 is 5.54 Å². The number of nitriles is 1. The van der Waals surface area contributed by atoms with E-state index in [1.807, 2.05) is 12.1 Å². The maximum atomic E-state index is 12.4. The molecule has 1 fully saturated rings. The van der Waals surface area contributed by atoms with Crippen molar-refractivity contribution in [2.45, 2.75) is 23.3 Å². The van der Waals surface area contributed by atoms with Crippen molar-refractivity contribution in [3.63, 3.8) is 0 Å². The highest BCUT2D eigenvalue weighted by Crippen LogP contribution is 2.22. The second kappa shape index (κ2) is 7.17. The standard InChI is InChI=1S/C16H16N2O2S/c1-2-10-21-14-5-3-4-13(11-14)15(19)18-16(12-17)6-8-20-9-7-16/h1,3-5,11H,6-10H2,(H,18,19). The number of hydrogen-bond donors (Lipinski definition) is 1. The number of rotatable bonds is 4. The smallest absolute Gasteiger partial charge is 0.252 e. The molecule has 0 bridgehead atoms. The highest BCUT2D eigenvalue weighted by atomic mass is 32.2. The minimum atomic E-state index is -0.822. The normalized spacial score (nSPS) is 16.5. The summed E-state index contributed by atoms with van der Waals surface area (Å²) in [6, 6.07) is 9.48. The number of amides is 1. The van der Waals surface area contributed by atoms with Gasteiger partial charge in [0.15, 0.2) is 0 Å². The summed E-state index contributed by atoms with van der Waals surface area (Å²) in [6.07, 6.45) is 6.26. The van der Waals surface area contributed by atoms with E-state index in [2.05, 4.69) is 17.3 Å². The Hall–Kier alpha value is -1.95. The van der Waals surface area contributed by atoms with Crippen molar-refractivity contribution >= 4 is 17.7 Å². The second-order valence-corrected chi connectivity index (χ2v) is 5.83. The maximum Gasteiger partial charge on any atom is 0.252 e. The van der Waals surface area contributed by atoms with Crippen LogP contribution in [0.2, 0.25) is 0 Å². The lowest BCUT2D eigenvalue weighted by Crippen LogP contribution is -2.50. The molecular weight excluding hydrogens is 284 g/mol. The molecule has 0 aromatic heterocycles. The predicted molar refractivity (Wildman–Crippen MR) is 81.9 cm³/mol. The lowest BCUT2D eigenvalue weighted by atomic mass is 9.91. The molecule has 21 heavy (non-hydrogen) atoms. The SMILES string of the molecule is C#CCSc1cccc(C(=O)NC2(C#N)CCOCC2)c1. The Morgan fingerprint density at radius 1 is 1.48 bits per heavy atom. The number of thioether (sulfide) groups is 1. The zero-order chi connectivity index (χ0) is 15.1. The number of nitrogens with one attached hydrogen (secondary N) is 1. The molecule has 0 atom stereocenters. The van der Waals surface area contributed by atoms with Crippen LogP contribution < -0.4 is 5.32 Å². The Balaban J connectivity index is 2.09. The van der Waals surface area contributed by atoms with Crippen molar-refractivity contribution in [3.8, 4) is 18.4 Å². The van der Waals surface area contributed by atoms with Gasteiger partial charge in [0.1, 0.15) is 5.54 Å². The minimum absolute atomic E-state index is 0.235. The molecule has 2 rings (SSSR count). The molecule has 1 aliphatic heterocycles. The van der Waals surface area contributed by atoms with Gasteiger partial charge in [-0.3, -0.25) is 4.79 Å². The van der Waals surface area contributed by atoms with E-state index in [0.717, 1.165) is 4.90 Å². The molecule has 0 saturated carbocycles. The summed E-state index contributed by atoms with van der Waals surface area (Å²) in [5.74, 6) is 2.88. The molecule has 1 N–H and O–H groups in total. The van der Waals surface area contributed by atoms with Crippen LogP contribution in [-0.2, 0) is 4.74 Å². The first-order chi connectivity index (χ1) is 10.2. The van der Waals surface area contributed by atoms with E-state index in [1.165, 1.54) is 11.8 Å². The molecule has 1 aliphatic rings. The zero-order valence-electron chi connectivity index (χ0n) is 11.6. The monoisotopic (exact) mass is 300 g/mol. The van der Waals surface area contributed by atoms with Crippen LogP contribution in [-0.4, -0.2) is 30.4 Å². The van der Waals surface area contributed by atoms with Crippen LogP contribution in [0, 0.1) is 23.7 Å². The molecule has 0 unspecified atom stereocenters. The zero-order valence-corrected chi connectivity index (χ0v) is 12.4. The summed E-state index contributed by atoms with van der Waals surface area (Å²) < 4.78 is 5.25. The molecule has 1 saturated heterocycles. The van der Waals surface area contributed by atoms with Crippen LogP contribution in [0.25, 0.3) is 0 Å². The van der Waals surface area contributed by atoms with Crippen molar-refractivity contribution < 1.29 is 9.53 Å². The topological polar surface area (TPSA) is 62.1 Å². The third kappa shape index (κ3) is 4.01. The van der Waals surface area contributed by atoms with Crippen molar-refractivity contribution in [2.24, 2.45) is 0 Å². The molecular formula is C16H16N2O2S. The number of terminal acetylenes is 1. The largest absolute Gasteiger partial charge is 0.381 e. The summed E-state index contributed by atoms with van der Waals surface area (Å²) in [6.45, 7) is 0.984. The number of nitrogens with zero attached hydrogens (tertiary/aromatic N) is 1. The Bertz CT molecular complexity index is 595. The van der Waals surface area contributed by atoms with Gasteiger partial charge >= 0.3 is 0 Å². The number of ether oxygens (including phenoxy) is 1. The van der Waals surface area contributed by atoms with Crippen molar-refractivity contribution in [2.75, 3.05) is 19.0 Å². The fraction of sp³-hybridized carbons (Fsp3) is 0.375. The summed E-state index contributed by atoms with van der Waals surface area (Å²) in [7, 11) is 0. The summed E-state index contributed by atoms with van der Waals surface area (Å²) in [5, 5.41) is 12.2. The first-order valence-corrected chi connectivity index (χ1v) is 7.65.